The molecule has 4 heteroatoms. The molecule has 0 aromatic carbocycles. The SMILES string of the molecule is CN(C)C1CCN(CC(=O)C2CCC(Cl)CC2)CC1. The first-order valence-corrected chi connectivity index (χ1v) is 8.05. The van der Waals surface area contributed by atoms with Crippen LogP contribution in [0.4, 0.5) is 0 Å². The summed E-state index contributed by atoms with van der Waals surface area (Å²) in [5, 5.41) is 0.305. The molecule has 110 valence electrons. The van der Waals surface area contributed by atoms with E-state index in [1.165, 1.54) is 12.8 Å². The molecule has 2 aliphatic rings. The van der Waals surface area contributed by atoms with Gasteiger partial charge in [-0.05, 0) is 52.6 Å². The van der Waals surface area contributed by atoms with Gasteiger partial charge in [-0.1, -0.05) is 0 Å². The summed E-state index contributed by atoms with van der Waals surface area (Å²) >= 11 is 6.10. The summed E-state index contributed by atoms with van der Waals surface area (Å²) in [6, 6.07) is 0.693. The van der Waals surface area contributed by atoms with Crippen LogP contribution in [-0.2, 0) is 4.79 Å². The molecule has 1 aliphatic heterocycles. The average molecular weight is 287 g/mol. The fraction of sp³-hybridized carbons (Fsp3) is 0.933. The van der Waals surface area contributed by atoms with Gasteiger partial charge in [-0.2, -0.15) is 0 Å². The van der Waals surface area contributed by atoms with Gasteiger partial charge in [-0.25, -0.2) is 0 Å². The predicted molar refractivity (Wildman–Crippen MR) is 79.8 cm³/mol. The number of alkyl halides is 1. The Morgan fingerprint density at radius 2 is 1.68 bits per heavy atom. The molecular formula is C15H27ClN2O. The van der Waals surface area contributed by atoms with Crippen LogP contribution in [0.25, 0.3) is 0 Å². The Balaban J connectivity index is 1.72. The first-order valence-electron chi connectivity index (χ1n) is 7.62. The van der Waals surface area contributed by atoms with E-state index in [0.29, 0.717) is 23.7 Å². The van der Waals surface area contributed by atoms with Crippen molar-refractivity contribution in [2.45, 2.75) is 49.9 Å². The van der Waals surface area contributed by atoms with Crippen molar-refractivity contribution < 1.29 is 4.79 Å². The number of nitrogens with zero attached hydrogens (tertiary/aromatic N) is 2. The molecule has 0 radical (unpaired) electrons. The number of hydrogen-bond donors (Lipinski definition) is 0. The number of halogens is 1. The Morgan fingerprint density at radius 1 is 1.11 bits per heavy atom. The fourth-order valence-corrected chi connectivity index (χ4v) is 3.57. The largest absolute Gasteiger partial charge is 0.306 e. The Hall–Kier alpha value is -0.120. The molecule has 0 atom stereocenters. The molecule has 1 heterocycles. The van der Waals surface area contributed by atoms with E-state index in [1.807, 2.05) is 0 Å². The molecule has 3 nitrogen and oxygen atoms in total. The molecule has 1 saturated heterocycles. The van der Waals surface area contributed by atoms with E-state index in [-0.39, 0.29) is 5.92 Å². The monoisotopic (exact) mass is 286 g/mol. The summed E-state index contributed by atoms with van der Waals surface area (Å²) in [7, 11) is 4.30. The van der Waals surface area contributed by atoms with Crippen LogP contribution in [0.1, 0.15) is 38.5 Å². The van der Waals surface area contributed by atoms with Crippen LogP contribution < -0.4 is 0 Å². The van der Waals surface area contributed by atoms with Crippen molar-refractivity contribution in [2.75, 3.05) is 33.7 Å². The minimum absolute atomic E-state index is 0.279. The summed E-state index contributed by atoms with van der Waals surface area (Å²) in [5.74, 6) is 0.730. The minimum Gasteiger partial charge on any atom is -0.306 e. The molecule has 0 aromatic rings. The van der Waals surface area contributed by atoms with Crippen molar-refractivity contribution in [1.82, 2.24) is 9.80 Å². The molecule has 1 saturated carbocycles. The van der Waals surface area contributed by atoms with Gasteiger partial charge in [-0.15, -0.1) is 11.6 Å². The minimum atomic E-state index is 0.279. The van der Waals surface area contributed by atoms with Gasteiger partial charge in [0.1, 0.15) is 5.78 Å². The van der Waals surface area contributed by atoms with E-state index < -0.39 is 0 Å². The predicted octanol–water partition coefficient (Wildman–Crippen LogP) is 2.38. The van der Waals surface area contributed by atoms with E-state index >= 15 is 0 Å². The summed E-state index contributed by atoms with van der Waals surface area (Å²) in [6.45, 7) is 2.80. The van der Waals surface area contributed by atoms with Gasteiger partial charge >= 0.3 is 0 Å². The van der Waals surface area contributed by atoms with Gasteiger partial charge in [0, 0.05) is 30.4 Å². The molecule has 1 aliphatic carbocycles. The quantitative estimate of drug-likeness (QED) is 0.742. The highest BCUT2D eigenvalue weighted by atomic mass is 35.5. The van der Waals surface area contributed by atoms with E-state index in [9.17, 15) is 4.79 Å². The van der Waals surface area contributed by atoms with Gasteiger partial charge in [-0.3, -0.25) is 9.69 Å². The number of Topliss-reactive ketones (excluding diaryl/α,β-unsaturated/α-hetero) is 1. The summed E-state index contributed by atoms with van der Waals surface area (Å²) in [6.07, 6.45) is 6.41. The van der Waals surface area contributed by atoms with Gasteiger partial charge in [0.05, 0.1) is 6.54 Å². The van der Waals surface area contributed by atoms with Crippen molar-refractivity contribution in [3.8, 4) is 0 Å². The number of carbonyl (C=O) groups excluding carboxylic acids is 1. The van der Waals surface area contributed by atoms with E-state index in [0.717, 1.165) is 38.8 Å². The molecule has 0 aromatic heterocycles. The zero-order chi connectivity index (χ0) is 13.8. The zero-order valence-electron chi connectivity index (χ0n) is 12.3. The third-order valence-corrected chi connectivity index (χ3v) is 5.22. The standard InChI is InChI=1S/C15H27ClN2O/c1-17(2)14-7-9-18(10-8-14)11-15(19)12-3-5-13(16)6-4-12/h12-14H,3-11H2,1-2H3. The van der Waals surface area contributed by atoms with Crippen LogP contribution in [0, 0.1) is 5.92 Å². The van der Waals surface area contributed by atoms with Crippen molar-refractivity contribution in [3.05, 3.63) is 0 Å². The van der Waals surface area contributed by atoms with Crippen LogP contribution in [0.15, 0.2) is 0 Å². The lowest BCUT2D eigenvalue weighted by atomic mass is 9.85. The van der Waals surface area contributed by atoms with Crippen LogP contribution in [0.2, 0.25) is 0 Å². The van der Waals surface area contributed by atoms with Crippen LogP contribution in [0.3, 0.4) is 0 Å². The summed E-state index contributed by atoms with van der Waals surface area (Å²) in [5.41, 5.74) is 0. The molecule has 0 N–H and O–H groups in total. The van der Waals surface area contributed by atoms with Crippen molar-refractivity contribution in [1.29, 1.82) is 0 Å². The normalized spacial score (nSPS) is 30.7. The lowest BCUT2D eigenvalue weighted by molar-refractivity contribution is -0.125. The molecule has 0 spiro atoms. The maximum atomic E-state index is 12.3. The van der Waals surface area contributed by atoms with Gasteiger partial charge in [0.2, 0.25) is 0 Å². The maximum absolute atomic E-state index is 12.3. The number of likely N-dealkylation sites (tertiary alicyclic amines) is 1. The molecule has 19 heavy (non-hydrogen) atoms. The van der Waals surface area contributed by atoms with Gasteiger partial charge in [0.25, 0.3) is 0 Å². The number of carbonyl (C=O) groups is 1. The van der Waals surface area contributed by atoms with E-state index in [2.05, 4.69) is 23.9 Å². The lowest BCUT2D eigenvalue weighted by Gasteiger charge is -2.35. The average Bonchev–Trinajstić information content (AvgIpc) is 2.40. The van der Waals surface area contributed by atoms with Gasteiger partial charge in [0.15, 0.2) is 0 Å². The van der Waals surface area contributed by atoms with Crippen LogP contribution in [0.5, 0.6) is 0 Å². The van der Waals surface area contributed by atoms with E-state index in [4.69, 9.17) is 11.6 Å². The first kappa shape index (κ1) is 15.3. The van der Waals surface area contributed by atoms with Crippen molar-refractivity contribution >= 4 is 17.4 Å². The molecule has 0 bridgehead atoms. The topological polar surface area (TPSA) is 23.6 Å². The molecule has 0 amide bonds. The Labute approximate surface area is 122 Å². The molecule has 2 fully saturated rings. The first-order chi connectivity index (χ1) is 9.06. The third-order valence-electron chi connectivity index (χ3n) is 4.78. The van der Waals surface area contributed by atoms with Crippen LogP contribution in [-0.4, -0.2) is 60.7 Å². The molecule has 2 rings (SSSR count). The second-order valence-corrected chi connectivity index (χ2v) is 7.00. The number of ketones is 1. The Bertz CT molecular complexity index is 293. The highest BCUT2D eigenvalue weighted by Gasteiger charge is 2.28. The smallest absolute Gasteiger partial charge is 0.149 e. The van der Waals surface area contributed by atoms with Gasteiger partial charge < -0.3 is 4.90 Å². The Kier molecular flexibility index (Phi) is 5.67. The fourth-order valence-electron chi connectivity index (χ4n) is 3.32. The highest BCUT2D eigenvalue weighted by molar-refractivity contribution is 6.20. The van der Waals surface area contributed by atoms with Crippen LogP contribution >= 0.6 is 11.6 Å². The molecular weight excluding hydrogens is 260 g/mol. The number of hydrogen-bond acceptors (Lipinski definition) is 3. The lowest BCUT2D eigenvalue weighted by Crippen LogP contribution is -2.44. The molecule has 0 unspecified atom stereocenters. The highest BCUT2D eigenvalue weighted by Crippen LogP contribution is 2.28. The third kappa shape index (κ3) is 4.44. The summed E-state index contributed by atoms with van der Waals surface area (Å²) < 4.78 is 0. The zero-order valence-corrected chi connectivity index (χ0v) is 13.0. The number of rotatable bonds is 4. The second kappa shape index (κ2) is 7.05. The Morgan fingerprint density at radius 3 is 2.21 bits per heavy atom. The second-order valence-electron chi connectivity index (χ2n) is 6.39. The number of piperidine rings is 1. The van der Waals surface area contributed by atoms with E-state index in [1.54, 1.807) is 0 Å². The van der Waals surface area contributed by atoms with Crippen molar-refractivity contribution in [2.24, 2.45) is 5.92 Å². The maximum Gasteiger partial charge on any atom is 0.149 e. The summed E-state index contributed by atoms with van der Waals surface area (Å²) in [4.78, 5) is 16.9. The van der Waals surface area contributed by atoms with Crippen molar-refractivity contribution in [3.63, 3.8) is 0 Å².